The van der Waals surface area contributed by atoms with E-state index in [0.717, 1.165) is 52.5 Å². The summed E-state index contributed by atoms with van der Waals surface area (Å²) in [5.74, 6) is 0. The summed E-state index contributed by atoms with van der Waals surface area (Å²) in [6.07, 6.45) is 2.90. The van der Waals surface area contributed by atoms with Gasteiger partial charge in [-0.2, -0.15) is 4.31 Å². The number of aromatic nitrogens is 1. The molecule has 0 saturated carbocycles. The van der Waals surface area contributed by atoms with Crippen LogP contribution in [0, 0.1) is 0 Å². The summed E-state index contributed by atoms with van der Waals surface area (Å²) in [7, 11) is -3.48. The number of nitrogens with zero attached hydrogens (tertiary/aromatic N) is 2. The fourth-order valence-corrected chi connectivity index (χ4v) is 6.23. The van der Waals surface area contributed by atoms with E-state index in [9.17, 15) is 8.42 Å². The summed E-state index contributed by atoms with van der Waals surface area (Å²) >= 11 is 12.8. The Hall–Kier alpha value is -2.44. The molecule has 2 heterocycles. The van der Waals surface area contributed by atoms with Crippen molar-refractivity contribution in [2.75, 3.05) is 13.1 Å². The number of hydrogen-bond acceptors (Lipinski definition) is 3. The van der Waals surface area contributed by atoms with E-state index in [0.29, 0.717) is 28.0 Å². The molecule has 1 aromatic heterocycles. The maximum Gasteiger partial charge on any atom is 0.243 e. The molecule has 0 amide bonds. The van der Waals surface area contributed by atoms with Gasteiger partial charge in [-0.15, -0.1) is 0 Å². The number of benzene rings is 3. The predicted octanol–water partition coefficient (Wildman–Crippen LogP) is 7.05. The van der Waals surface area contributed by atoms with Gasteiger partial charge in [-0.1, -0.05) is 60.0 Å². The molecule has 7 heteroatoms. The highest BCUT2D eigenvalue weighted by Crippen LogP contribution is 2.37. The van der Waals surface area contributed by atoms with Gasteiger partial charge in [-0.25, -0.2) is 13.4 Å². The molecular formula is C26H22Cl2N2O2S. The Bertz CT molecular complexity index is 1430. The van der Waals surface area contributed by atoms with Crippen LogP contribution in [-0.2, 0) is 10.0 Å². The molecule has 1 saturated heterocycles. The van der Waals surface area contributed by atoms with Crippen LogP contribution in [0.25, 0.3) is 33.3 Å². The quantitative estimate of drug-likeness (QED) is 0.304. The van der Waals surface area contributed by atoms with Gasteiger partial charge in [0.2, 0.25) is 10.0 Å². The van der Waals surface area contributed by atoms with Gasteiger partial charge >= 0.3 is 0 Å². The molecule has 33 heavy (non-hydrogen) atoms. The lowest BCUT2D eigenvalue weighted by Crippen LogP contribution is -2.35. The lowest BCUT2D eigenvalue weighted by atomic mass is 9.98. The van der Waals surface area contributed by atoms with Gasteiger partial charge in [0.25, 0.3) is 0 Å². The van der Waals surface area contributed by atoms with E-state index in [1.807, 2.05) is 60.7 Å². The van der Waals surface area contributed by atoms with E-state index < -0.39 is 10.0 Å². The summed E-state index contributed by atoms with van der Waals surface area (Å²) in [6.45, 7) is 1.17. The Labute approximate surface area is 203 Å². The molecule has 5 rings (SSSR count). The molecule has 0 atom stereocenters. The second-order valence-corrected chi connectivity index (χ2v) is 11.0. The zero-order valence-electron chi connectivity index (χ0n) is 17.8. The third-order valence-electron chi connectivity index (χ3n) is 6.04. The fraction of sp³-hybridized carbons (Fsp3) is 0.192. The fourth-order valence-electron chi connectivity index (χ4n) is 4.30. The largest absolute Gasteiger partial charge is 0.248 e. The summed E-state index contributed by atoms with van der Waals surface area (Å²) in [6, 6.07) is 22.2. The van der Waals surface area contributed by atoms with Crippen LogP contribution < -0.4 is 0 Å². The Morgan fingerprint density at radius 3 is 2.24 bits per heavy atom. The van der Waals surface area contributed by atoms with Gasteiger partial charge in [0.05, 0.1) is 16.1 Å². The van der Waals surface area contributed by atoms with Crippen LogP contribution in [0.4, 0.5) is 0 Å². The number of pyridine rings is 1. The maximum absolute atomic E-state index is 13.0. The van der Waals surface area contributed by atoms with Gasteiger partial charge in [0.15, 0.2) is 0 Å². The molecule has 0 N–H and O–H groups in total. The third kappa shape index (κ3) is 4.38. The molecule has 0 bridgehead atoms. The molecule has 4 aromatic rings. The lowest BCUT2D eigenvalue weighted by Gasteiger charge is -2.25. The second kappa shape index (κ2) is 9.07. The Morgan fingerprint density at radius 1 is 0.788 bits per heavy atom. The molecule has 4 nitrogen and oxygen atoms in total. The van der Waals surface area contributed by atoms with Crippen molar-refractivity contribution in [2.24, 2.45) is 0 Å². The van der Waals surface area contributed by atoms with E-state index in [1.165, 1.54) is 0 Å². The topological polar surface area (TPSA) is 50.3 Å². The number of rotatable bonds is 4. The first-order valence-electron chi connectivity index (χ1n) is 10.9. The van der Waals surface area contributed by atoms with Crippen molar-refractivity contribution in [3.05, 3.63) is 82.8 Å². The van der Waals surface area contributed by atoms with Crippen molar-refractivity contribution in [1.29, 1.82) is 0 Å². The minimum Gasteiger partial charge on any atom is -0.248 e. The van der Waals surface area contributed by atoms with Crippen LogP contribution in [0.3, 0.4) is 0 Å². The Kier molecular flexibility index (Phi) is 6.14. The van der Waals surface area contributed by atoms with Gasteiger partial charge in [-0.3, -0.25) is 0 Å². The van der Waals surface area contributed by atoms with Gasteiger partial charge in [0.1, 0.15) is 0 Å². The van der Waals surface area contributed by atoms with E-state index >= 15 is 0 Å². The van der Waals surface area contributed by atoms with Gasteiger partial charge < -0.3 is 0 Å². The highest BCUT2D eigenvalue weighted by molar-refractivity contribution is 7.89. The van der Waals surface area contributed by atoms with Crippen LogP contribution in [0.5, 0.6) is 0 Å². The van der Waals surface area contributed by atoms with Crippen LogP contribution in [0.1, 0.15) is 19.3 Å². The summed E-state index contributed by atoms with van der Waals surface area (Å²) in [5, 5.41) is 2.17. The maximum atomic E-state index is 13.0. The second-order valence-electron chi connectivity index (χ2n) is 8.19. The minimum absolute atomic E-state index is 0.312. The van der Waals surface area contributed by atoms with Crippen molar-refractivity contribution in [1.82, 2.24) is 9.29 Å². The SMILES string of the molecule is O=S(=O)(c1ccc(-c2cc(-c3ccccc3Cl)c3cc(Cl)ccc3n2)cc1)N1CCCCC1. The van der Waals surface area contributed by atoms with Crippen molar-refractivity contribution < 1.29 is 8.42 Å². The predicted molar refractivity (Wildman–Crippen MR) is 135 cm³/mol. The van der Waals surface area contributed by atoms with E-state index in [4.69, 9.17) is 28.2 Å². The van der Waals surface area contributed by atoms with Crippen LogP contribution in [-0.4, -0.2) is 30.8 Å². The average Bonchev–Trinajstić information content (AvgIpc) is 2.84. The number of hydrogen-bond donors (Lipinski definition) is 0. The highest BCUT2D eigenvalue weighted by atomic mass is 35.5. The normalized spacial score (nSPS) is 15.1. The molecule has 1 aliphatic rings. The molecule has 0 spiro atoms. The molecule has 0 radical (unpaired) electrons. The lowest BCUT2D eigenvalue weighted by molar-refractivity contribution is 0.346. The molecule has 1 fully saturated rings. The van der Waals surface area contributed by atoms with Crippen molar-refractivity contribution in [3.63, 3.8) is 0 Å². The number of halogens is 2. The third-order valence-corrected chi connectivity index (χ3v) is 8.52. The molecule has 0 unspecified atom stereocenters. The van der Waals surface area contributed by atoms with Crippen LogP contribution >= 0.6 is 23.2 Å². The summed E-state index contributed by atoms with van der Waals surface area (Å²) < 4.78 is 27.6. The van der Waals surface area contributed by atoms with E-state index in [1.54, 1.807) is 16.4 Å². The molecule has 0 aliphatic carbocycles. The first kappa shape index (κ1) is 22.4. The monoisotopic (exact) mass is 496 g/mol. The van der Waals surface area contributed by atoms with Crippen molar-refractivity contribution in [3.8, 4) is 22.4 Å². The van der Waals surface area contributed by atoms with Crippen molar-refractivity contribution in [2.45, 2.75) is 24.2 Å². The highest BCUT2D eigenvalue weighted by Gasteiger charge is 2.25. The minimum atomic E-state index is -3.48. The molecule has 1 aliphatic heterocycles. The Morgan fingerprint density at radius 2 is 1.52 bits per heavy atom. The van der Waals surface area contributed by atoms with Gasteiger partial charge in [0, 0.05) is 39.6 Å². The zero-order chi connectivity index (χ0) is 23.0. The first-order chi connectivity index (χ1) is 15.9. The zero-order valence-corrected chi connectivity index (χ0v) is 20.2. The van der Waals surface area contributed by atoms with E-state index in [2.05, 4.69) is 0 Å². The van der Waals surface area contributed by atoms with E-state index in [-0.39, 0.29) is 0 Å². The van der Waals surface area contributed by atoms with Crippen LogP contribution in [0.2, 0.25) is 10.0 Å². The average molecular weight is 497 g/mol. The molecular weight excluding hydrogens is 475 g/mol. The molecule has 168 valence electrons. The number of fused-ring (bicyclic) bond motifs is 1. The summed E-state index contributed by atoms with van der Waals surface area (Å²) in [4.78, 5) is 5.13. The summed E-state index contributed by atoms with van der Waals surface area (Å²) in [5.41, 5.74) is 4.17. The first-order valence-corrected chi connectivity index (χ1v) is 13.1. The number of sulfonamides is 1. The smallest absolute Gasteiger partial charge is 0.243 e. The number of piperidine rings is 1. The standard InChI is InChI=1S/C26H22Cl2N2O2S/c27-19-10-13-25-23(16-19)22(21-6-2-3-7-24(21)28)17-26(29-25)18-8-11-20(12-9-18)33(31,32)30-14-4-1-5-15-30/h2-3,6-13,16-17H,1,4-5,14-15H2. The van der Waals surface area contributed by atoms with Gasteiger partial charge in [-0.05, 0) is 60.9 Å². The molecule has 3 aromatic carbocycles. The van der Waals surface area contributed by atoms with Crippen LogP contribution in [0.15, 0.2) is 77.7 Å². The Balaban J connectivity index is 1.59. The van der Waals surface area contributed by atoms with Crippen molar-refractivity contribution >= 4 is 44.1 Å².